The zero-order chi connectivity index (χ0) is 12.8. The first-order valence-electron chi connectivity index (χ1n) is 7.98. The molecule has 2 atom stereocenters. The average molecular weight is 270 g/mol. The Morgan fingerprint density at radius 2 is 1.67 bits per heavy atom. The Morgan fingerprint density at radius 3 is 2.28 bits per heavy atom. The van der Waals surface area contributed by atoms with Gasteiger partial charge in [0, 0.05) is 5.41 Å². The van der Waals surface area contributed by atoms with Crippen LogP contribution in [0.15, 0.2) is 0 Å². The van der Waals surface area contributed by atoms with Crippen LogP contribution in [0.4, 0.5) is 0 Å². The molecule has 0 aromatic carbocycles. The lowest BCUT2D eigenvalue weighted by molar-refractivity contribution is -0.0470. The minimum absolute atomic E-state index is 0.386. The van der Waals surface area contributed by atoms with Gasteiger partial charge in [-0.25, -0.2) is 0 Å². The maximum absolute atomic E-state index is 6.34. The molecule has 1 nitrogen and oxygen atoms in total. The summed E-state index contributed by atoms with van der Waals surface area (Å²) in [6.45, 7) is 3.33. The SMILES string of the molecule is CC1CCCCC1OCC1(CS)CCCCCC1. The van der Waals surface area contributed by atoms with Crippen LogP contribution in [-0.4, -0.2) is 18.5 Å². The van der Waals surface area contributed by atoms with E-state index in [0.29, 0.717) is 11.5 Å². The van der Waals surface area contributed by atoms with Gasteiger partial charge in [0.1, 0.15) is 0 Å². The number of hydrogen-bond donors (Lipinski definition) is 1. The summed E-state index contributed by atoms with van der Waals surface area (Å²) in [5.41, 5.74) is 0.386. The van der Waals surface area contributed by atoms with Crippen molar-refractivity contribution >= 4 is 12.6 Å². The van der Waals surface area contributed by atoms with Crippen molar-refractivity contribution in [3.05, 3.63) is 0 Å². The van der Waals surface area contributed by atoms with Gasteiger partial charge in [0.25, 0.3) is 0 Å². The lowest BCUT2D eigenvalue weighted by atomic mass is 9.82. The Balaban J connectivity index is 1.85. The number of hydrogen-bond acceptors (Lipinski definition) is 2. The Bertz CT molecular complexity index is 233. The topological polar surface area (TPSA) is 9.23 Å². The van der Waals surface area contributed by atoms with E-state index in [4.69, 9.17) is 4.74 Å². The number of rotatable bonds is 4. The third kappa shape index (κ3) is 3.90. The van der Waals surface area contributed by atoms with E-state index in [2.05, 4.69) is 19.6 Å². The lowest BCUT2D eigenvalue weighted by Gasteiger charge is -2.36. The molecular weight excluding hydrogens is 240 g/mol. The molecule has 2 aliphatic rings. The Labute approximate surface area is 118 Å². The Hall–Kier alpha value is 0.310. The van der Waals surface area contributed by atoms with Crippen molar-refractivity contribution < 1.29 is 4.74 Å². The summed E-state index contributed by atoms with van der Waals surface area (Å²) < 4.78 is 6.34. The zero-order valence-corrected chi connectivity index (χ0v) is 12.9. The number of thiol groups is 1. The average Bonchev–Trinajstić information content (AvgIpc) is 2.64. The molecule has 2 unspecified atom stereocenters. The predicted octanol–water partition coefficient (Wildman–Crippen LogP) is 4.85. The molecule has 0 N–H and O–H groups in total. The predicted molar refractivity (Wildman–Crippen MR) is 81.4 cm³/mol. The molecule has 0 saturated heterocycles. The highest BCUT2D eigenvalue weighted by molar-refractivity contribution is 7.80. The molecule has 0 aliphatic heterocycles. The molecule has 2 saturated carbocycles. The molecule has 0 heterocycles. The van der Waals surface area contributed by atoms with Crippen LogP contribution >= 0.6 is 12.6 Å². The molecule has 0 spiro atoms. The summed E-state index contributed by atoms with van der Waals surface area (Å²) in [6, 6.07) is 0. The van der Waals surface area contributed by atoms with Gasteiger partial charge in [-0.3, -0.25) is 0 Å². The van der Waals surface area contributed by atoms with Gasteiger partial charge >= 0.3 is 0 Å². The van der Waals surface area contributed by atoms with E-state index in [9.17, 15) is 0 Å². The normalized spacial score (nSPS) is 33.0. The Kier molecular flexibility index (Phi) is 5.88. The summed E-state index contributed by atoms with van der Waals surface area (Å²) in [4.78, 5) is 0. The highest BCUT2D eigenvalue weighted by atomic mass is 32.1. The van der Waals surface area contributed by atoms with Gasteiger partial charge in [0.05, 0.1) is 12.7 Å². The van der Waals surface area contributed by atoms with E-state index < -0.39 is 0 Å². The summed E-state index contributed by atoms with van der Waals surface area (Å²) >= 11 is 4.64. The van der Waals surface area contributed by atoms with Crippen LogP contribution in [0.5, 0.6) is 0 Å². The van der Waals surface area contributed by atoms with E-state index in [-0.39, 0.29) is 0 Å². The second-order valence-electron chi connectivity index (χ2n) is 6.68. The van der Waals surface area contributed by atoms with Crippen LogP contribution in [0.3, 0.4) is 0 Å². The molecule has 0 bridgehead atoms. The second kappa shape index (κ2) is 7.19. The van der Waals surface area contributed by atoms with Crippen molar-refractivity contribution in [1.29, 1.82) is 0 Å². The first-order valence-corrected chi connectivity index (χ1v) is 8.61. The van der Waals surface area contributed by atoms with Crippen molar-refractivity contribution in [3.8, 4) is 0 Å². The highest BCUT2D eigenvalue weighted by Crippen LogP contribution is 2.38. The molecule has 2 heteroatoms. The third-order valence-electron chi connectivity index (χ3n) is 5.14. The smallest absolute Gasteiger partial charge is 0.0600 e. The summed E-state index contributed by atoms with van der Waals surface area (Å²) in [5, 5.41) is 0. The van der Waals surface area contributed by atoms with Gasteiger partial charge in [0.2, 0.25) is 0 Å². The van der Waals surface area contributed by atoms with Crippen molar-refractivity contribution in [2.24, 2.45) is 11.3 Å². The summed E-state index contributed by atoms with van der Waals surface area (Å²) in [6.07, 6.45) is 14.2. The van der Waals surface area contributed by atoms with Gasteiger partial charge in [-0.1, -0.05) is 45.4 Å². The molecule has 18 heavy (non-hydrogen) atoms. The van der Waals surface area contributed by atoms with Crippen LogP contribution < -0.4 is 0 Å². The van der Waals surface area contributed by atoms with Crippen LogP contribution in [0.2, 0.25) is 0 Å². The first-order chi connectivity index (χ1) is 8.76. The molecule has 0 aromatic heterocycles. The van der Waals surface area contributed by atoms with Gasteiger partial charge in [0.15, 0.2) is 0 Å². The van der Waals surface area contributed by atoms with Gasteiger partial charge in [-0.2, -0.15) is 12.6 Å². The van der Waals surface area contributed by atoms with E-state index >= 15 is 0 Å². The van der Waals surface area contributed by atoms with Crippen molar-refractivity contribution in [2.45, 2.75) is 77.2 Å². The standard InChI is InChI=1S/C16H30OS/c1-14-8-4-5-9-15(14)17-12-16(13-18)10-6-2-3-7-11-16/h14-15,18H,2-13H2,1H3. The van der Waals surface area contributed by atoms with E-state index in [1.807, 2.05) is 0 Å². The van der Waals surface area contributed by atoms with Crippen LogP contribution in [0.1, 0.15) is 71.1 Å². The van der Waals surface area contributed by atoms with Crippen LogP contribution in [-0.2, 0) is 4.74 Å². The molecule has 2 aliphatic carbocycles. The van der Waals surface area contributed by atoms with Crippen LogP contribution in [0.25, 0.3) is 0 Å². The largest absolute Gasteiger partial charge is 0.377 e. The highest BCUT2D eigenvalue weighted by Gasteiger charge is 2.32. The second-order valence-corrected chi connectivity index (χ2v) is 7.00. The van der Waals surface area contributed by atoms with Crippen molar-refractivity contribution in [1.82, 2.24) is 0 Å². The minimum atomic E-state index is 0.386. The molecule has 106 valence electrons. The van der Waals surface area contributed by atoms with Crippen LogP contribution in [0, 0.1) is 11.3 Å². The molecule has 0 amide bonds. The fourth-order valence-electron chi connectivity index (χ4n) is 3.64. The number of ether oxygens (including phenoxy) is 1. The minimum Gasteiger partial charge on any atom is -0.377 e. The maximum atomic E-state index is 6.34. The third-order valence-corrected chi connectivity index (χ3v) is 5.81. The monoisotopic (exact) mass is 270 g/mol. The van der Waals surface area contributed by atoms with E-state index in [0.717, 1.165) is 18.3 Å². The maximum Gasteiger partial charge on any atom is 0.0600 e. The lowest BCUT2D eigenvalue weighted by Crippen LogP contribution is -2.34. The van der Waals surface area contributed by atoms with Gasteiger partial charge < -0.3 is 4.74 Å². The molecular formula is C16H30OS. The fourth-order valence-corrected chi connectivity index (χ4v) is 4.05. The molecule has 2 rings (SSSR count). The van der Waals surface area contributed by atoms with Gasteiger partial charge in [-0.05, 0) is 37.4 Å². The zero-order valence-electron chi connectivity index (χ0n) is 12.0. The van der Waals surface area contributed by atoms with Crippen molar-refractivity contribution in [3.63, 3.8) is 0 Å². The summed E-state index contributed by atoms with van der Waals surface area (Å²) in [5.74, 6) is 1.77. The molecule has 2 fully saturated rings. The van der Waals surface area contributed by atoms with Crippen molar-refractivity contribution in [2.75, 3.05) is 12.4 Å². The van der Waals surface area contributed by atoms with E-state index in [1.54, 1.807) is 0 Å². The van der Waals surface area contributed by atoms with Gasteiger partial charge in [-0.15, -0.1) is 0 Å². The Morgan fingerprint density at radius 1 is 1.00 bits per heavy atom. The molecule has 0 radical (unpaired) electrons. The quantitative estimate of drug-likeness (QED) is 0.567. The summed E-state index contributed by atoms with van der Waals surface area (Å²) in [7, 11) is 0. The molecule has 0 aromatic rings. The first kappa shape index (κ1) is 14.7. The fraction of sp³-hybridized carbons (Fsp3) is 1.00. The van der Waals surface area contributed by atoms with E-state index in [1.165, 1.54) is 64.2 Å².